The van der Waals surface area contributed by atoms with Crippen molar-refractivity contribution in [1.29, 1.82) is 0 Å². The highest BCUT2D eigenvalue weighted by Crippen LogP contribution is 2.27. The molecule has 0 spiro atoms. The fourth-order valence-electron chi connectivity index (χ4n) is 3.17. The summed E-state index contributed by atoms with van der Waals surface area (Å²) in [6.45, 7) is 1.98. The Labute approximate surface area is 179 Å². The van der Waals surface area contributed by atoms with E-state index in [1.165, 1.54) is 23.1 Å². The third-order valence-corrected chi connectivity index (χ3v) is 6.87. The first kappa shape index (κ1) is 22.0. The number of hydrogen-bond donors (Lipinski definition) is 0. The van der Waals surface area contributed by atoms with Crippen molar-refractivity contribution >= 4 is 33.2 Å². The highest BCUT2D eigenvalue weighted by molar-refractivity contribution is 7.89. The molecule has 1 heterocycles. The number of sulfonamides is 1. The number of nitro benzene ring substituents is 1. The van der Waals surface area contributed by atoms with Gasteiger partial charge in [0.2, 0.25) is 10.0 Å². The number of para-hydroxylation sites is 1. The number of benzene rings is 2. The first-order valence-corrected chi connectivity index (χ1v) is 11.0. The van der Waals surface area contributed by atoms with Gasteiger partial charge in [-0.25, -0.2) is 8.42 Å². The van der Waals surface area contributed by atoms with E-state index in [0.717, 1.165) is 10.4 Å². The predicted octanol–water partition coefficient (Wildman–Crippen LogP) is 2.55. The molecule has 0 aromatic heterocycles. The van der Waals surface area contributed by atoms with Crippen LogP contribution in [0.25, 0.3) is 0 Å². The Hall–Kier alpha value is -2.69. The van der Waals surface area contributed by atoms with Crippen LogP contribution in [0.1, 0.15) is 6.92 Å². The average Bonchev–Trinajstić information content (AvgIpc) is 2.73. The molecular weight excluding hydrogens is 434 g/mol. The van der Waals surface area contributed by atoms with E-state index in [-0.39, 0.29) is 37.0 Å². The van der Waals surface area contributed by atoms with E-state index in [9.17, 15) is 23.3 Å². The normalized spacial score (nSPS) is 16.1. The molecule has 2 aromatic rings. The predicted molar refractivity (Wildman–Crippen MR) is 110 cm³/mol. The molecule has 1 atom stereocenters. The van der Waals surface area contributed by atoms with Crippen LogP contribution in [-0.4, -0.2) is 60.7 Å². The summed E-state index contributed by atoms with van der Waals surface area (Å²) in [6, 6.07) is 11.9. The molecule has 1 amide bonds. The maximum absolute atomic E-state index is 12.9. The fraction of sp³-hybridized carbons (Fsp3) is 0.316. The van der Waals surface area contributed by atoms with Crippen molar-refractivity contribution in [3.8, 4) is 5.75 Å². The van der Waals surface area contributed by atoms with E-state index >= 15 is 0 Å². The summed E-state index contributed by atoms with van der Waals surface area (Å²) >= 11 is 5.92. The molecule has 1 fully saturated rings. The van der Waals surface area contributed by atoms with Gasteiger partial charge in [0.15, 0.2) is 11.0 Å². The van der Waals surface area contributed by atoms with Gasteiger partial charge in [-0.3, -0.25) is 14.9 Å². The lowest BCUT2D eigenvalue weighted by Crippen LogP contribution is -2.53. The quantitative estimate of drug-likeness (QED) is 0.491. The van der Waals surface area contributed by atoms with Crippen LogP contribution >= 0.6 is 11.6 Å². The van der Waals surface area contributed by atoms with Gasteiger partial charge in [0, 0.05) is 37.3 Å². The molecule has 1 aliphatic heterocycles. The molecule has 9 nitrogen and oxygen atoms in total. The van der Waals surface area contributed by atoms with Crippen molar-refractivity contribution in [2.45, 2.75) is 17.9 Å². The number of halogens is 1. The van der Waals surface area contributed by atoms with Crippen LogP contribution in [0.4, 0.5) is 5.69 Å². The average molecular weight is 454 g/mol. The van der Waals surface area contributed by atoms with E-state index < -0.39 is 26.7 Å². The number of nitrogens with zero attached hydrogens (tertiary/aromatic N) is 3. The number of piperazine rings is 1. The van der Waals surface area contributed by atoms with Crippen molar-refractivity contribution in [1.82, 2.24) is 9.21 Å². The lowest BCUT2D eigenvalue weighted by Gasteiger charge is -2.35. The fourth-order valence-corrected chi connectivity index (χ4v) is 4.93. The van der Waals surface area contributed by atoms with Crippen LogP contribution in [-0.2, 0) is 14.8 Å². The van der Waals surface area contributed by atoms with Gasteiger partial charge in [-0.1, -0.05) is 29.8 Å². The Kier molecular flexibility index (Phi) is 6.59. The molecule has 0 saturated carbocycles. The monoisotopic (exact) mass is 453 g/mol. The number of hydrogen-bond acceptors (Lipinski definition) is 6. The molecule has 1 aliphatic rings. The number of carbonyl (C=O) groups excluding carboxylic acids is 1. The Balaban J connectivity index is 1.65. The van der Waals surface area contributed by atoms with Crippen molar-refractivity contribution in [2.24, 2.45) is 0 Å². The first-order chi connectivity index (χ1) is 14.2. The second-order valence-electron chi connectivity index (χ2n) is 6.67. The van der Waals surface area contributed by atoms with E-state index in [1.54, 1.807) is 31.2 Å². The largest absolute Gasteiger partial charge is 0.481 e. The minimum atomic E-state index is -4.05. The molecule has 3 rings (SSSR count). The minimum Gasteiger partial charge on any atom is -0.481 e. The molecule has 0 radical (unpaired) electrons. The highest BCUT2D eigenvalue weighted by atomic mass is 35.5. The van der Waals surface area contributed by atoms with Gasteiger partial charge in [-0.15, -0.1) is 0 Å². The summed E-state index contributed by atoms with van der Waals surface area (Å²) in [7, 11) is -4.05. The van der Waals surface area contributed by atoms with Gasteiger partial charge < -0.3 is 9.64 Å². The molecule has 0 aliphatic carbocycles. The number of nitro groups is 1. The van der Waals surface area contributed by atoms with Crippen molar-refractivity contribution in [2.75, 3.05) is 26.2 Å². The van der Waals surface area contributed by atoms with E-state index in [1.807, 2.05) is 0 Å². The lowest BCUT2D eigenvalue weighted by molar-refractivity contribution is -0.387. The van der Waals surface area contributed by atoms with Crippen LogP contribution in [0, 0.1) is 10.1 Å². The molecule has 2 aromatic carbocycles. The van der Waals surface area contributed by atoms with Crippen molar-refractivity contribution in [3.05, 3.63) is 63.7 Å². The zero-order chi connectivity index (χ0) is 21.9. The summed E-state index contributed by atoms with van der Waals surface area (Å²) in [5, 5.41) is 11.7. The van der Waals surface area contributed by atoms with Gasteiger partial charge in [-0.2, -0.15) is 4.31 Å². The number of rotatable bonds is 6. The van der Waals surface area contributed by atoms with Gasteiger partial charge in [0.25, 0.3) is 11.6 Å². The zero-order valence-electron chi connectivity index (χ0n) is 16.1. The summed E-state index contributed by atoms with van der Waals surface area (Å²) in [5.74, 6) is 0.179. The molecule has 0 N–H and O–H groups in total. The Morgan fingerprint density at radius 2 is 1.80 bits per heavy atom. The summed E-state index contributed by atoms with van der Waals surface area (Å²) in [4.78, 5) is 24.3. The molecule has 160 valence electrons. The van der Waals surface area contributed by atoms with Crippen LogP contribution in [0.2, 0.25) is 5.02 Å². The first-order valence-electron chi connectivity index (χ1n) is 9.14. The second-order valence-corrected chi connectivity index (χ2v) is 9.01. The van der Waals surface area contributed by atoms with Gasteiger partial charge in [0.05, 0.1) is 4.92 Å². The molecule has 1 unspecified atom stereocenters. The summed E-state index contributed by atoms with van der Waals surface area (Å²) in [6.07, 6.45) is -0.776. The number of ether oxygens (including phenoxy) is 1. The Bertz CT molecular complexity index is 1050. The van der Waals surface area contributed by atoms with Crippen LogP contribution in [0.3, 0.4) is 0 Å². The number of amides is 1. The topological polar surface area (TPSA) is 110 Å². The summed E-state index contributed by atoms with van der Waals surface area (Å²) in [5.41, 5.74) is -0.473. The Morgan fingerprint density at radius 3 is 2.43 bits per heavy atom. The molecule has 0 bridgehead atoms. The molecular formula is C19H20ClN3O6S. The van der Waals surface area contributed by atoms with Crippen LogP contribution in [0.15, 0.2) is 53.4 Å². The Morgan fingerprint density at radius 1 is 1.13 bits per heavy atom. The molecule has 30 heavy (non-hydrogen) atoms. The van der Waals surface area contributed by atoms with Crippen molar-refractivity contribution < 1.29 is 22.9 Å². The van der Waals surface area contributed by atoms with Gasteiger partial charge in [-0.05, 0) is 31.2 Å². The summed E-state index contributed by atoms with van der Waals surface area (Å²) < 4.78 is 32.5. The second kappa shape index (κ2) is 8.99. The van der Waals surface area contributed by atoms with Gasteiger partial charge in [0.1, 0.15) is 5.75 Å². The van der Waals surface area contributed by atoms with E-state index in [4.69, 9.17) is 16.3 Å². The molecule has 1 saturated heterocycles. The number of carbonyl (C=O) groups is 1. The van der Waals surface area contributed by atoms with Crippen LogP contribution < -0.4 is 4.74 Å². The maximum Gasteiger partial charge on any atom is 0.289 e. The minimum absolute atomic E-state index is 0.0318. The highest BCUT2D eigenvalue weighted by Gasteiger charge is 2.35. The zero-order valence-corrected chi connectivity index (χ0v) is 17.7. The lowest BCUT2D eigenvalue weighted by atomic mass is 10.2. The van der Waals surface area contributed by atoms with E-state index in [0.29, 0.717) is 10.8 Å². The standard InChI is InChI=1S/C19H20ClN3O6S/c1-14(29-16-6-4-5-15(20)13-16)19(24)21-9-11-22(12-10-21)30(27,28)18-8-3-2-7-17(18)23(25)26/h2-8,13-14H,9-12H2,1H3. The SMILES string of the molecule is CC(Oc1cccc(Cl)c1)C(=O)N1CCN(S(=O)(=O)c2ccccc2[N+](=O)[O-])CC1. The maximum atomic E-state index is 12.9. The third kappa shape index (κ3) is 4.72. The van der Waals surface area contributed by atoms with Crippen molar-refractivity contribution in [3.63, 3.8) is 0 Å². The van der Waals surface area contributed by atoms with Gasteiger partial charge >= 0.3 is 0 Å². The van der Waals surface area contributed by atoms with E-state index in [2.05, 4.69) is 0 Å². The van der Waals surface area contributed by atoms with Crippen LogP contribution in [0.5, 0.6) is 5.75 Å². The smallest absolute Gasteiger partial charge is 0.289 e. The molecule has 11 heteroatoms. The third-order valence-electron chi connectivity index (χ3n) is 4.69.